The molecule has 0 spiro atoms. The Morgan fingerprint density at radius 2 is 1.88 bits per heavy atom. The zero-order valence-corrected chi connectivity index (χ0v) is 16.6. The van der Waals surface area contributed by atoms with Crippen molar-refractivity contribution in [3.8, 4) is 0 Å². The molecule has 0 fully saturated rings. The van der Waals surface area contributed by atoms with Gasteiger partial charge in [-0.15, -0.1) is 0 Å². The summed E-state index contributed by atoms with van der Waals surface area (Å²) in [6.45, 7) is 7.11. The molecule has 0 saturated carbocycles. The molecule has 2 aromatic carbocycles. The summed E-state index contributed by atoms with van der Waals surface area (Å²) >= 11 is 13.6. The highest BCUT2D eigenvalue weighted by molar-refractivity contribution is 7.16. The Bertz CT molecular complexity index is 1030. The standard InChI is InChI=1S/C19H18Cl2N2OS/c1-4-7-23-16-8-11(2)12(3)9-17(16)25-19(23)22-18(24)14-6-5-13(20)10-15(14)21/h5-6,8-10H,4,7H2,1-3H3. The second-order valence-corrected chi connectivity index (χ2v) is 7.83. The number of nitrogens with zero attached hydrogens (tertiary/aromatic N) is 2. The minimum absolute atomic E-state index is 0.316. The van der Waals surface area contributed by atoms with Crippen molar-refractivity contribution in [3.63, 3.8) is 0 Å². The third kappa shape index (κ3) is 3.66. The smallest absolute Gasteiger partial charge is 0.281 e. The molecule has 0 aliphatic carbocycles. The fraction of sp³-hybridized carbons (Fsp3) is 0.263. The van der Waals surface area contributed by atoms with E-state index >= 15 is 0 Å². The highest BCUT2D eigenvalue weighted by Gasteiger charge is 2.13. The predicted molar refractivity (Wildman–Crippen MR) is 106 cm³/mol. The Labute approximate surface area is 160 Å². The molecule has 1 aromatic heterocycles. The van der Waals surface area contributed by atoms with Crippen LogP contribution in [-0.2, 0) is 6.54 Å². The van der Waals surface area contributed by atoms with Gasteiger partial charge in [-0.3, -0.25) is 4.79 Å². The molecule has 3 nitrogen and oxygen atoms in total. The van der Waals surface area contributed by atoms with Crippen molar-refractivity contribution in [1.29, 1.82) is 0 Å². The molecular formula is C19H18Cl2N2OS. The number of hydrogen-bond acceptors (Lipinski definition) is 2. The van der Waals surface area contributed by atoms with Crippen molar-refractivity contribution in [2.45, 2.75) is 33.7 Å². The first-order valence-corrected chi connectivity index (χ1v) is 9.62. The normalized spacial score (nSPS) is 12.1. The van der Waals surface area contributed by atoms with Crippen LogP contribution in [0.1, 0.15) is 34.8 Å². The predicted octanol–water partition coefficient (Wildman–Crippen LogP) is 5.78. The number of hydrogen-bond donors (Lipinski definition) is 0. The molecule has 3 rings (SSSR count). The molecule has 25 heavy (non-hydrogen) atoms. The Kier molecular flexibility index (Phi) is 5.32. The molecule has 3 aromatic rings. The number of carbonyl (C=O) groups is 1. The van der Waals surface area contributed by atoms with E-state index in [1.807, 2.05) is 0 Å². The first kappa shape index (κ1) is 18.2. The van der Waals surface area contributed by atoms with Crippen LogP contribution in [0.3, 0.4) is 0 Å². The van der Waals surface area contributed by atoms with Gasteiger partial charge in [0, 0.05) is 11.6 Å². The first-order chi connectivity index (χ1) is 11.9. The van der Waals surface area contributed by atoms with E-state index in [4.69, 9.17) is 23.2 Å². The van der Waals surface area contributed by atoms with E-state index in [0.29, 0.717) is 20.4 Å². The fourth-order valence-electron chi connectivity index (χ4n) is 2.66. The number of aryl methyl sites for hydroxylation is 3. The Balaban J connectivity index is 2.17. The molecule has 0 N–H and O–H groups in total. The third-order valence-corrected chi connectivity index (χ3v) is 5.69. The van der Waals surface area contributed by atoms with E-state index < -0.39 is 0 Å². The fourth-order valence-corrected chi connectivity index (χ4v) is 4.28. The van der Waals surface area contributed by atoms with Crippen molar-refractivity contribution in [3.05, 3.63) is 61.9 Å². The van der Waals surface area contributed by atoms with Crippen LogP contribution < -0.4 is 4.80 Å². The Hall–Kier alpha value is -1.62. The average Bonchev–Trinajstić information content (AvgIpc) is 2.85. The maximum absolute atomic E-state index is 12.6. The van der Waals surface area contributed by atoms with E-state index in [1.165, 1.54) is 22.5 Å². The molecule has 0 aliphatic rings. The van der Waals surface area contributed by atoms with Crippen LogP contribution in [0.25, 0.3) is 10.2 Å². The van der Waals surface area contributed by atoms with Crippen molar-refractivity contribution >= 4 is 50.7 Å². The molecule has 0 saturated heterocycles. The van der Waals surface area contributed by atoms with Crippen LogP contribution in [0.4, 0.5) is 0 Å². The van der Waals surface area contributed by atoms with Crippen LogP contribution in [0.15, 0.2) is 35.3 Å². The van der Waals surface area contributed by atoms with Crippen molar-refractivity contribution in [2.75, 3.05) is 0 Å². The maximum atomic E-state index is 12.6. The van der Waals surface area contributed by atoms with E-state index in [2.05, 4.69) is 42.5 Å². The summed E-state index contributed by atoms with van der Waals surface area (Å²) in [4.78, 5) is 17.7. The number of thiazole rings is 1. The summed E-state index contributed by atoms with van der Waals surface area (Å²) in [7, 11) is 0. The van der Waals surface area contributed by atoms with Gasteiger partial charge in [-0.05, 0) is 61.7 Å². The monoisotopic (exact) mass is 392 g/mol. The largest absolute Gasteiger partial charge is 0.316 e. The SMILES string of the molecule is CCCn1c(=NC(=O)c2ccc(Cl)cc2Cl)sc2cc(C)c(C)cc21. The molecule has 0 aliphatic heterocycles. The first-order valence-electron chi connectivity index (χ1n) is 8.05. The summed E-state index contributed by atoms with van der Waals surface area (Å²) in [5, 5.41) is 0.812. The van der Waals surface area contributed by atoms with Crippen LogP contribution in [0, 0.1) is 13.8 Å². The lowest BCUT2D eigenvalue weighted by Gasteiger charge is -2.05. The molecule has 1 amide bonds. The van der Waals surface area contributed by atoms with Gasteiger partial charge in [-0.2, -0.15) is 4.99 Å². The molecule has 130 valence electrons. The number of carbonyl (C=O) groups excluding carboxylic acids is 1. The number of rotatable bonds is 3. The van der Waals surface area contributed by atoms with Crippen LogP contribution in [0.2, 0.25) is 10.0 Å². The Morgan fingerprint density at radius 3 is 2.56 bits per heavy atom. The molecule has 6 heteroatoms. The minimum Gasteiger partial charge on any atom is -0.316 e. The summed E-state index contributed by atoms with van der Waals surface area (Å²) < 4.78 is 3.24. The lowest BCUT2D eigenvalue weighted by molar-refractivity contribution is 0.0998. The number of amides is 1. The van der Waals surface area contributed by atoms with Gasteiger partial charge in [-0.25, -0.2) is 0 Å². The molecule has 0 radical (unpaired) electrons. The minimum atomic E-state index is -0.355. The van der Waals surface area contributed by atoms with E-state index in [9.17, 15) is 4.79 Å². The third-order valence-electron chi connectivity index (χ3n) is 4.10. The van der Waals surface area contributed by atoms with Gasteiger partial charge in [0.15, 0.2) is 4.80 Å². The van der Waals surface area contributed by atoms with Crippen molar-refractivity contribution in [1.82, 2.24) is 4.57 Å². The maximum Gasteiger partial charge on any atom is 0.281 e. The number of benzene rings is 2. The summed E-state index contributed by atoms with van der Waals surface area (Å²) in [5.74, 6) is -0.355. The molecule has 0 atom stereocenters. The van der Waals surface area contributed by atoms with Gasteiger partial charge in [0.1, 0.15) is 0 Å². The van der Waals surface area contributed by atoms with Gasteiger partial charge >= 0.3 is 0 Å². The zero-order valence-electron chi connectivity index (χ0n) is 14.3. The highest BCUT2D eigenvalue weighted by Crippen LogP contribution is 2.24. The number of fused-ring (bicyclic) bond motifs is 1. The molecular weight excluding hydrogens is 375 g/mol. The molecule has 0 unspecified atom stereocenters. The van der Waals surface area contributed by atoms with E-state index in [0.717, 1.165) is 23.2 Å². The molecule has 0 bridgehead atoms. The summed E-state index contributed by atoms with van der Waals surface area (Å²) in [5.41, 5.74) is 3.94. The van der Waals surface area contributed by atoms with Gasteiger partial charge in [-0.1, -0.05) is 41.5 Å². The number of halogens is 2. The summed E-state index contributed by atoms with van der Waals surface area (Å²) in [6.07, 6.45) is 0.960. The Morgan fingerprint density at radius 1 is 1.16 bits per heavy atom. The number of aromatic nitrogens is 1. The van der Waals surface area contributed by atoms with Gasteiger partial charge in [0.25, 0.3) is 5.91 Å². The van der Waals surface area contributed by atoms with Crippen LogP contribution in [-0.4, -0.2) is 10.5 Å². The second kappa shape index (κ2) is 7.32. The lowest BCUT2D eigenvalue weighted by atomic mass is 10.1. The van der Waals surface area contributed by atoms with Crippen molar-refractivity contribution < 1.29 is 4.79 Å². The van der Waals surface area contributed by atoms with Gasteiger partial charge in [0.2, 0.25) is 0 Å². The van der Waals surface area contributed by atoms with Crippen LogP contribution in [0.5, 0.6) is 0 Å². The zero-order chi connectivity index (χ0) is 18.1. The summed E-state index contributed by atoms with van der Waals surface area (Å²) in [6, 6.07) is 9.13. The average molecular weight is 393 g/mol. The van der Waals surface area contributed by atoms with Gasteiger partial charge in [0.05, 0.1) is 20.8 Å². The molecule has 1 heterocycles. The second-order valence-electron chi connectivity index (χ2n) is 5.98. The van der Waals surface area contributed by atoms with Gasteiger partial charge < -0.3 is 4.57 Å². The topological polar surface area (TPSA) is 34.4 Å². The van der Waals surface area contributed by atoms with E-state index in [-0.39, 0.29) is 5.91 Å². The highest BCUT2D eigenvalue weighted by atomic mass is 35.5. The lowest BCUT2D eigenvalue weighted by Crippen LogP contribution is -2.17. The van der Waals surface area contributed by atoms with E-state index in [1.54, 1.807) is 18.2 Å². The quantitative estimate of drug-likeness (QED) is 0.556. The van der Waals surface area contributed by atoms with Crippen molar-refractivity contribution in [2.24, 2.45) is 4.99 Å². The van der Waals surface area contributed by atoms with Crippen LogP contribution >= 0.6 is 34.5 Å².